The minimum absolute atomic E-state index is 0.133. The van der Waals surface area contributed by atoms with Gasteiger partial charge in [-0.25, -0.2) is 0 Å². The molecule has 0 amide bonds. The second kappa shape index (κ2) is 4.08. The van der Waals surface area contributed by atoms with Crippen molar-refractivity contribution in [3.05, 3.63) is 24.0 Å². The van der Waals surface area contributed by atoms with Crippen molar-refractivity contribution in [2.24, 2.45) is 0 Å². The average molecular weight is 255 g/mol. The van der Waals surface area contributed by atoms with Crippen LogP contribution >= 0.6 is 0 Å². The Morgan fingerprint density at radius 1 is 1.38 bits per heavy atom. The van der Waals surface area contributed by atoms with Crippen molar-refractivity contribution in [3.63, 3.8) is 0 Å². The first kappa shape index (κ1) is 12.4. The number of hydrogen-bond acceptors (Lipinski definition) is 5. The smallest absolute Gasteiger partial charge is 0.375 e. The van der Waals surface area contributed by atoms with E-state index in [9.17, 15) is 26.4 Å². The van der Waals surface area contributed by atoms with Crippen LogP contribution < -0.4 is 4.18 Å². The predicted molar refractivity (Wildman–Crippen MR) is 45.2 cm³/mol. The molecule has 1 rings (SSSR count). The second-order valence-corrected chi connectivity index (χ2v) is 4.05. The van der Waals surface area contributed by atoms with Crippen LogP contribution in [0, 0.1) is 0 Å². The molecule has 1 heterocycles. The minimum atomic E-state index is -5.77. The van der Waals surface area contributed by atoms with E-state index in [1.807, 2.05) is 0 Å². The van der Waals surface area contributed by atoms with E-state index in [4.69, 9.17) is 0 Å². The van der Waals surface area contributed by atoms with Crippen molar-refractivity contribution >= 4 is 16.4 Å². The van der Waals surface area contributed by atoms with Crippen LogP contribution in [0.25, 0.3) is 0 Å². The van der Waals surface area contributed by atoms with Gasteiger partial charge in [0.05, 0.1) is 5.56 Å². The van der Waals surface area contributed by atoms with E-state index in [1.54, 1.807) is 0 Å². The maximum atomic E-state index is 11.9. The van der Waals surface area contributed by atoms with Crippen molar-refractivity contribution in [1.29, 1.82) is 0 Å². The fourth-order valence-corrected chi connectivity index (χ4v) is 1.21. The summed E-state index contributed by atoms with van der Waals surface area (Å²) in [5.74, 6) is -0.720. The number of hydrogen-bond donors (Lipinski definition) is 0. The molecule has 0 unspecified atom stereocenters. The number of aldehydes is 1. The van der Waals surface area contributed by atoms with E-state index in [0.717, 1.165) is 18.5 Å². The van der Waals surface area contributed by atoms with E-state index in [1.165, 1.54) is 0 Å². The monoisotopic (exact) mass is 255 g/mol. The van der Waals surface area contributed by atoms with Gasteiger partial charge in [-0.2, -0.15) is 21.6 Å². The number of carbonyl (C=O) groups is 1. The third kappa shape index (κ3) is 2.48. The number of nitrogens with zero attached hydrogens (tertiary/aromatic N) is 1. The number of rotatable bonds is 3. The van der Waals surface area contributed by atoms with Crippen LogP contribution in [0.2, 0.25) is 0 Å². The molecule has 0 aliphatic rings. The Labute approximate surface area is 88.0 Å². The molecule has 0 atom stereocenters. The number of pyridine rings is 1. The first-order valence-corrected chi connectivity index (χ1v) is 5.08. The van der Waals surface area contributed by atoms with E-state index >= 15 is 0 Å². The summed E-state index contributed by atoms with van der Waals surface area (Å²) in [5.41, 5.74) is -5.94. The average Bonchev–Trinajstić information content (AvgIpc) is 2.16. The van der Waals surface area contributed by atoms with Crippen molar-refractivity contribution in [3.8, 4) is 5.75 Å². The molecule has 0 N–H and O–H groups in total. The summed E-state index contributed by atoms with van der Waals surface area (Å²) < 4.78 is 60.8. The lowest BCUT2D eigenvalue weighted by Gasteiger charge is -2.09. The molecule has 16 heavy (non-hydrogen) atoms. The lowest BCUT2D eigenvalue weighted by molar-refractivity contribution is -0.0500. The van der Waals surface area contributed by atoms with Crippen LogP contribution in [-0.2, 0) is 10.1 Å². The van der Waals surface area contributed by atoms with Crippen LogP contribution in [0.3, 0.4) is 0 Å². The zero-order chi connectivity index (χ0) is 12.4. The van der Waals surface area contributed by atoms with Gasteiger partial charge in [-0.1, -0.05) is 0 Å². The summed E-state index contributed by atoms with van der Waals surface area (Å²) in [5, 5.41) is 0. The van der Waals surface area contributed by atoms with Gasteiger partial charge in [0.1, 0.15) is 0 Å². The molecule has 0 saturated heterocycles. The summed E-state index contributed by atoms with van der Waals surface area (Å²) >= 11 is 0. The Kier molecular flexibility index (Phi) is 3.17. The van der Waals surface area contributed by atoms with Crippen LogP contribution in [-0.4, -0.2) is 25.2 Å². The van der Waals surface area contributed by atoms with Crippen LogP contribution in [0.4, 0.5) is 13.2 Å². The third-order valence-electron chi connectivity index (χ3n) is 1.42. The van der Waals surface area contributed by atoms with Gasteiger partial charge in [-0.15, -0.1) is 0 Å². The highest BCUT2D eigenvalue weighted by atomic mass is 32.2. The fourth-order valence-electron chi connectivity index (χ4n) is 0.724. The molecule has 0 aliphatic carbocycles. The summed E-state index contributed by atoms with van der Waals surface area (Å²) in [6.07, 6.45) is 2.01. The third-order valence-corrected chi connectivity index (χ3v) is 2.39. The fraction of sp³-hybridized carbons (Fsp3) is 0.143. The molecule has 9 heteroatoms. The highest BCUT2D eigenvalue weighted by molar-refractivity contribution is 7.88. The summed E-state index contributed by atoms with van der Waals surface area (Å²) in [6.45, 7) is 0. The number of alkyl halides is 3. The maximum Gasteiger partial charge on any atom is 0.534 e. The summed E-state index contributed by atoms with van der Waals surface area (Å²) in [7, 11) is -5.77. The van der Waals surface area contributed by atoms with E-state index < -0.39 is 26.9 Å². The topological polar surface area (TPSA) is 73.3 Å². The van der Waals surface area contributed by atoms with Gasteiger partial charge in [0.2, 0.25) is 0 Å². The Bertz CT molecular complexity index is 497. The predicted octanol–water partition coefficient (Wildman–Crippen LogP) is 1.12. The summed E-state index contributed by atoms with van der Waals surface area (Å²) in [6, 6.07) is 0.840. The number of carbonyl (C=O) groups excluding carboxylic acids is 1. The Hall–Kier alpha value is -1.64. The van der Waals surface area contributed by atoms with Crippen LogP contribution in [0.15, 0.2) is 18.5 Å². The first-order valence-electron chi connectivity index (χ1n) is 3.68. The molecule has 0 fully saturated rings. The van der Waals surface area contributed by atoms with E-state index in [0.29, 0.717) is 0 Å². The lowest BCUT2D eigenvalue weighted by Crippen LogP contribution is -2.28. The van der Waals surface area contributed by atoms with Gasteiger partial charge in [0, 0.05) is 18.5 Å². The Balaban J connectivity index is 3.11. The zero-order valence-electron chi connectivity index (χ0n) is 7.43. The quantitative estimate of drug-likeness (QED) is 0.459. The summed E-state index contributed by atoms with van der Waals surface area (Å²) in [4.78, 5) is 13.8. The molecule has 1 aromatic heterocycles. The van der Waals surface area contributed by atoms with Crippen molar-refractivity contribution in [1.82, 2.24) is 4.98 Å². The minimum Gasteiger partial charge on any atom is -0.375 e. The van der Waals surface area contributed by atoms with Crippen molar-refractivity contribution in [2.45, 2.75) is 5.51 Å². The second-order valence-electron chi connectivity index (χ2n) is 2.51. The van der Waals surface area contributed by atoms with Crippen molar-refractivity contribution < 1.29 is 30.6 Å². The van der Waals surface area contributed by atoms with Crippen LogP contribution in [0.1, 0.15) is 10.4 Å². The molecule has 0 aliphatic heterocycles. The van der Waals surface area contributed by atoms with Gasteiger partial charge < -0.3 is 4.18 Å². The number of aromatic nitrogens is 1. The molecule has 0 saturated carbocycles. The number of halogens is 3. The van der Waals surface area contributed by atoms with Gasteiger partial charge in [0.15, 0.2) is 12.0 Å². The first-order chi connectivity index (χ1) is 7.28. The van der Waals surface area contributed by atoms with Crippen molar-refractivity contribution in [2.75, 3.05) is 0 Å². The molecule has 0 bridgehead atoms. The highest BCUT2D eigenvalue weighted by Gasteiger charge is 2.48. The van der Waals surface area contributed by atoms with E-state index in [2.05, 4.69) is 9.17 Å². The van der Waals surface area contributed by atoms with Crippen LogP contribution in [0.5, 0.6) is 5.75 Å². The standard InChI is InChI=1S/C7H4F3NO4S/c8-7(9,10)16(13,14)15-6-1-2-11-3-5(6)4-12/h1-4H. The zero-order valence-corrected chi connectivity index (χ0v) is 8.25. The molecule has 0 spiro atoms. The molecule has 0 radical (unpaired) electrons. The maximum absolute atomic E-state index is 11.9. The molecule has 5 nitrogen and oxygen atoms in total. The molecular formula is C7H4F3NO4S. The largest absolute Gasteiger partial charge is 0.534 e. The van der Waals surface area contributed by atoms with E-state index in [-0.39, 0.29) is 6.29 Å². The molecular weight excluding hydrogens is 251 g/mol. The Morgan fingerprint density at radius 2 is 2.00 bits per heavy atom. The SMILES string of the molecule is O=Cc1cnccc1OS(=O)(=O)C(F)(F)F. The van der Waals surface area contributed by atoms with Gasteiger partial charge in [-0.3, -0.25) is 9.78 Å². The molecule has 0 aromatic carbocycles. The van der Waals surface area contributed by atoms with Gasteiger partial charge >= 0.3 is 15.6 Å². The molecule has 88 valence electrons. The normalized spacial score (nSPS) is 12.2. The highest BCUT2D eigenvalue weighted by Crippen LogP contribution is 2.27. The van der Waals surface area contributed by atoms with Gasteiger partial charge in [-0.05, 0) is 0 Å². The Morgan fingerprint density at radius 3 is 2.50 bits per heavy atom. The molecule has 1 aromatic rings. The van der Waals surface area contributed by atoms with Gasteiger partial charge in [0.25, 0.3) is 0 Å². The lowest BCUT2D eigenvalue weighted by atomic mass is 10.3.